The summed E-state index contributed by atoms with van der Waals surface area (Å²) in [6, 6.07) is 5.64. The Labute approximate surface area is 146 Å². The van der Waals surface area contributed by atoms with Crippen LogP contribution in [0, 0.1) is 23.7 Å². The fourth-order valence-corrected chi connectivity index (χ4v) is 2.62. The summed E-state index contributed by atoms with van der Waals surface area (Å²) in [4.78, 5) is 12.9. The van der Waals surface area contributed by atoms with Crippen molar-refractivity contribution in [3.05, 3.63) is 23.8 Å². The van der Waals surface area contributed by atoms with Gasteiger partial charge in [0.1, 0.15) is 5.75 Å². The first-order valence-corrected chi connectivity index (χ1v) is 8.47. The van der Waals surface area contributed by atoms with Crippen LogP contribution in [-0.4, -0.2) is 19.8 Å². The maximum absolute atomic E-state index is 12.9. The Bertz CT molecular complexity index is 553. The summed E-state index contributed by atoms with van der Waals surface area (Å²) in [6.07, 6.45) is 0.844. The minimum atomic E-state index is -0.0905. The van der Waals surface area contributed by atoms with Gasteiger partial charge in [0.25, 0.3) is 0 Å². The van der Waals surface area contributed by atoms with E-state index in [0.717, 1.165) is 23.4 Å². The van der Waals surface area contributed by atoms with Crippen molar-refractivity contribution in [2.24, 2.45) is 16.7 Å². The lowest BCUT2D eigenvalue weighted by Gasteiger charge is -2.34. The van der Waals surface area contributed by atoms with Gasteiger partial charge in [-0.15, -0.1) is 0 Å². The molecule has 0 aliphatic rings. The van der Waals surface area contributed by atoms with E-state index in [9.17, 15) is 4.79 Å². The average molecular weight is 335 g/mol. The molecule has 24 heavy (non-hydrogen) atoms. The van der Waals surface area contributed by atoms with Crippen LogP contribution in [0.2, 0.25) is 0 Å². The normalized spacial score (nSPS) is 13.5. The molecule has 1 N–H and O–H groups in total. The van der Waals surface area contributed by atoms with Crippen LogP contribution in [0.15, 0.2) is 18.2 Å². The summed E-state index contributed by atoms with van der Waals surface area (Å²) in [6.45, 7) is 15.1. The summed E-state index contributed by atoms with van der Waals surface area (Å²) >= 11 is 0. The van der Waals surface area contributed by atoms with Gasteiger partial charge < -0.3 is 14.8 Å². The average Bonchev–Trinajstić information content (AvgIpc) is 2.43. The van der Waals surface area contributed by atoms with Crippen LogP contribution in [0.4, 0.5) is 5.69 Å². The molecule has 1 aromatic rings. The van der Waals surface area contributed by atoms with Gasteiger partial charge in [-0.25, -0.2) is 0 Å². The maximum Gasteiger partial charge on any atom is 0.228 e. The van der Waals surface area contributed by atoms with Crippen molar-refractivity contribution < 1.29 is 14.3 Å². The zero-order chi connectivity index (χ0) is 18.5. The van der Waals surface area contributed by atoms with E-state index >= 15 is 0 Å². The lowest BCUT2D eigenvalue weighted by atomic mass is 9.71. The van der Waals surface area contributed by atoms with E-state index in [1.807, 2.05) is 25.1 Å². The summed E-state index contributed by atoms with van der Waals surface area (Å²) < 4.78 is 10.3. The quantitative estimate of drug-likeness (QED) is 0.743. The number of nitrogens with one attached hydrogen (secondary N) is 1. The second kappa shape index (κ2) is 8.02. The molecule has 1 rings (SSSR count). The van der Waals surface area contributed by atoms with Crippen molar-refractivity contribution >= 4 is 11.6 Å². The Kier molecular flexibility index (Phi) is 6.85. The smallest absolute Gasteiger partial charge is 0.228 e. The molecule has 136 valence electrons. The molecule has 1 unspecified atom stereocenters. The number of aryl methyl sites for hydroxylation is 1. The maximum atomic E-state index is 12.9. The van der Waals surface area contributed by atoms with Gasteiger partial charge >= 0.3 is 0 Å². The molecular formula is C20H33NO3. The number of ether oxygens (including phenoxy) is 2. The van der Waals surface area contributed by atoms with Crippen LogP contribution in [-0.2, 0) is 9.53 Å². The number of hydrogen-bond acceptors (Lipinski definition) is 3. The predicted molar refractivity (Wildman–Crippen MR) is 99.3 cm³/mol. The third-order valence-corrected chi connectivity index (χ3v) is 3.98. The largest absolute Gasteiger partial charge is 0.468 e. The highest BCUT2D eigenvalue weighted by Gasteiger charge is 2.34. The minimum Gasteiger partial charge on any atom is -0.468 e. The summed E-state index contributed by atoms with van der Waals surface area (Å²) in [5, 5.41) is 3.10. The first-order valence-electron chi connectivity index (χ1n) is 8.47. The van der Waals surface area contributed by atoms with Crippen LogP contribution in [0.25, 0.3) is 0 Å². The van der Waals surface area contributed by atoms with Crippen molar-refractivity contribution in [3.63, 3.8) is 0 Å². The molecule has 0 heterocycles. The van der Waals surface area contributed by atoms with Gasteiger partial charge in [0.2, 0.25) is 5.91 Å². The Morgan fingerprint density at radius 3 is 2.25 bits per heavy atom. The molecule has 0 aliphatic heterocycles. The Morgan fingerprint density at radius 2 is 1.79 bits per heavy atom. The standard InChI is InChI=1S/C20H33NO3/c1-14-11-15(24-13-23-8)9-10-17(14)21-18(22)16(20(5,6)7)12-19(2,3)4/h9-11,16H,12-13H2,1-8H3,(H,21,22). The first kappa shape index (κ1) is 20.5. The molecule has 0 aliphatic carbocycles. The van der Waals surface area contributed by atoms with E-state index in [4.69, 9.17) is 9.47 Å². The predicted octanol–water partition coefficient (Wildman–Crippen LogP) is 5.01. The number of rotatable bonds is 6. The van der Waals surface area contributed by atoms with Crippen LogP contribution in [0.3, 0.4) is 0 Å². The zero-order valence-corrected chi connectivity index (χ0v) is 16.4. The summed E-state index contributed by atoms with van der Waals surface area (Å²) in [5.74, 6) is 0.752. The molecule has 0 saturated carbocycles. The Morgan fingerprint density at radius 1 is 1.17 bits per heavy atom. The summed E-state index contributed by atoms with van der Waals surface area (Å²) in [7, 11) is 1.59. The molecule has 0 radical (unpaired) electrons. The number of hydrogen-bond donors (Lipinski definition) is 1. The van der Waals surface area contributed by atoms with E-state index in [1.165, 1.54) is 0 Å². The van der Waals surface area contributed by atoms with E-state index < -0.39 is 0 Å². The van der Waals surface area contributed by atoms with Gasteiger partial charge in [0.05, 0.1) is 0 Å². The van der Waals surface area contributed by atoms with Crippen LogP contribution in [0.1, 0.15) is 53.5 Å². The second-order valence-corrected chi connectivity index (χ2v) is 8.70. The highest BCUT2D eigenvalue weighted by Crippen LogP contribution is 2.37. The second-order valence-electron chi connectivity index (χ2n) is 8.70. The number of carbonyl (C=O) groups is 1. The highest BCUT2D eigenvalue weighted by atomic mass is 16.7. The molecule has 0 saturated heterocycles. The topological polar surface area (TPSA) is 47.6 Å². The molecule has 1 amide bonds. The van der Waals surface area contributed by atoms with Crippen LogP contribution < -0.4 is 10.1 Å². The van der Waals surface area contributed by atoms with Gasteiger partial charge in [-0.1, -0.05) is 41.5 Å². The van der Waals surface area contributed by atoms with E-state index in [2.05, 4.69) is 46.9 Å². The van der Waals surface area contributed by atoms with Crippen molar-refractivity contribution in [1.82, 2.24) is 0 Å². The number of methoxy groups -OCH3 is 1. The molecule has 0 spiro atoms. The van der Waals surface area contributed by atoms with Crippen molar-refractivity contribution in [2.75, 3.05) is 19.2 Å². The molecule has 0 bridgehead atoms. The monoisotopic (exact) mass is 335 g/mol. The van der Waals surface area contributed by atoms with Crippen molar-refractivity contribution in [3.8, 4) is 5.75 Å². The van der Waals surface area contributed by atoms with Gasteiger partial charge in [0.15, 0.2) is 6.79 Å². The lowest BCUT2D eigenvalue weighted by molar-refractivity contribution is -0.124. The van der Waals surface area contributed by atoms with E-state index in [-0.39, 0.29) is 29.4 Å². The van der Waals surface area contributed by atoms with Crippen molar-refractivity contribution in [1.29, 1.82) is 0 Å². The van der Waals surface area contributed by atoms with Gasteiger partial charge in [0, 0.05) is 18.7 Å². The van der Waals surface area contributed by atoms with E-state index in [1.54, 1.807) is 7.11 Å². The van der Waals surface area contributed by atoms with Gasteiger partial charge in [-0.05, 0) is 47.9 Å². The molecule has 1 aromatic carbocycles. The zero-order valence-electron chi connectivity index (χ0n) is 16.4. The minimum absolute atomic E-state index is 0.0543. The number of carbonyl (C=O) groups excluding carboxylic acids is 1. The lowest BCUT2D eigenvalue weighted by Crippen LogP contribution is -2.36. The fraction of sp³-hybridized carbons (Fsp3) is 0.650. The number of benzene rings is 1. The molecule has 0 fully saturated rings. The number of anilines is 1. The molecule has 4 nitrogen and oxygen atoms in total. The van der Waals surface area contributed by atoms with Crippen LogP contribution >= 0.6 is 0 Å². The molecule has 0 aromatic heterocycles. The van der Waals surface area contributed by atoms with Gasteiger partial charge in [-0.3, -0.25) is 4.79 Å². The third-order valence-electron chi connectivity index (χ3n) is 3.98. The highest BCUT2D eigenvalue weighted by molar-refractivity contribution is 5.93. The van der Waals surface area contributed by atoms with Gasteiger partial charge in [-0.2, -0.15) is 0 Å². The van der Waals surface area contributed by atoms with Crippen molar-refractivity contribution in [2.45, 2.75) is 54.9 Å². The first-order chi connectivity index (χ1) is 10.9. The fourth-order valence-electron chi connectivity index (χ4n) is 2.62. The molecule has 1 atom stereocenters. The third kappa shape index (κ3) is 6.52. The summed E-state index contributed by atoms with van der Waals surface area (Å²) in [5.41, 5.74) is 1.81. The Hall–Kier alpha value is -1.55. The number of amides is 1. The Balaban J connectivity index is 2.91. The SMILES string of the molecule is COCOc1ccc(NC(=O)C(CC(C)(C)C)C(C)(C)C)c(C)c1. The van der Waals surface area contributed by atoms with E-state index in [0.29, 0.717) is 0 Å². The van der Waals surface area contributed by atoms with Crippen LogP contribution in [0.5, 0.6) is 5.75 Å². The molecular weight excluding hydrogens is 302 g/mol. The molecule has 4 heteroatoms.